The summed E-state index contributed by atoms with van der Waals surface area (Å²) in [6.07, 6.45) is 5.50. The molecular weight excluding hydrogens is 532 g/mol. The second-order valence-electron chi connectivity index (χ2n) is 11.7. The number of H-pyrrole nitrogens is 2. The number of hydrogen-bond donors (Lipinski definition) is 3. The zero-order valence-electron chi connectivity index (χ0n) is 23.4. The molecule has 0 saturated carbocycles. The number of nitrogens with one attached hydrogen (secondary N) is 2. The molecular formula is C34H37ClN4O2. The minimum Gasteiger partial charge on any atom is -0.493 e. The summed E-state index contributed by atoms with van der Waals surface area (Å²) in [5, 5.41) is 13.0. The number of rotatable bonds is 9. The van der Waals surface area contributed by atoms with Crippen molar-refractivity contribution in [3.8, 4) is 5.88 Å². The molecule has 0 bridgehead atoms. The Hall–Kier alpha value is -3.74. The molecule has 6 rings (SSSR count). The molecule has 212 valence electrons. The third kappa shape index (κ3) is 5.85. The molecule has 7 heteroatoms. The van der Waals surface area contributed by atoms with Crippen molar-refractivity contribution < 1.29 is 5.11 Å². The number of likely N-dealkylation sites (tertiary alicyclic amines) is 1. The predicted octanol–water partition coefficient (Wildman–Crippen LogP) is 6.84. The maximum Gasteiger partial charge on any atom is 0.328 e. The number of hydrogen-bond acceptors (Lipinski definition) is 3. The molecule has 0 aliphatic carbocycles. The van der Waals surface area contributed by atoms with E-state index in [2.05, 4.69) is 58.2 Å². The van der Waals surface area contributed by atoms with Crippen molar-refractivity contribution in [2.45, 2.75) is 50.5 Å². The SMILES string of the molecule is CC(CCN1CCC(c2ccccc2)CC1)(Cn1c(O)c(Cc2c[nH]c3ccccc23)[nH]c1=O)c1cccc(Cl)c1. The van der Waals surface area contributed by atoms with E-state index in [9.17, 15) is 9.90 Å². The van der Waals surface area contributed by atoms with Crippen molar-refractivity contribution in [2.24, 2.45) is 0 Å². The van der Waals surface area contributed by atoms with E-state index in [4.69, 9.17) is 11.6 Å². The number of aromatic amines is 2. The normalized spacial score (nSPS) is 16.2. The first kappa shape index (κ1) is 27.4. The van der Waals surface area contributed by atoms with Crippen LogP contribution in [-0.4, -0.2) is 44.2 Å². The van der Waals surface area contributed by atoms with Crippen LogP contribution in [0.2, 0.25) is 5.02 Å². The number of aromatic hydroxyl groups is 1. The first-order valence-electron chi connectivity index (χ1n) is 14.5. The number of piperidine rings is 1. The summed E-state index contributed by atoms with van der Waals surface area (Å²) in [5.74, 6) is 0.606. The summed E-state index contributed by atoms with van der Waals surface area (Å²) in [5.41, 5.74) is 4.37. The quantitative estimate of drug-likeness (QED) is 0.182. The van der Waals surface area contributed by atoms with Gasteiger partial charge in [0.05, 0.1) is 5.69 Å². The maximum atomic E-state index is 13.2. The van der Waals surface area contributed by atoms with Gasteiger partial charge in [-0.05, 0) is 79.7 Å². The molecule has 0 amide bonds. The Labute approximate surface area is 245 Å². The number of imidazole rings is 1. The Morgan fingerprint density at radius 3 is 2.54 bits per heavy atom. The van der Waals surface area contributed by atoms with E-state index in [-0.39, 0.29) is 11.6 Å². The van der Waals surface area contributed by atoms with Gasteiger partial charge in [-0.25, -0.2) is 4.79 Å². The van der Waals surface area contributed by atoms with Gasteiger partial charge in [0.1, 0.15) is 0 Å². The summed E-state index contributed by atoms with van der Waals surface area (Å²) in [7, 11) is 0. The van der Waals surface area contributed by atoms with Crippen LogP contribution >= 0.6 is 11.6 Å². The zero-order valence-corrected chi connectivity index (χ0v) is 24.2. The lowest BCUT2D eigenvalue weighted by Gasteiger charge is -2.36. The molecule has 2 aromatic heterocycles. The van der Waals surface area contributed by atoms with Crippen LogP contribution in [0.5, 0.6) is 5.88 Å². The van der Waals surface area contributed by atoms with Crippen molar-refractivity contribution >= 4 is 22.5 Å². The van der Waals surface area contributed by atoms with Gasteiger partial charge in [-0.2, -0.15) is 0 Å². The van der Waals surface area contributed by atoms with Gasteiger partial charge in [-0.1, -0.05) is 79.2 Å². The second-order valence-corrected chi connectivity index (χ2v) is 12.1. The van der Waals surface area contributed by atoms with Gasteiger partial charge < -0.3 is 20.0 Å². The Balaban J connectivity index is 1.21. The summed E-state index contributed by atoms with van der Waals surface area (Å²) >= 11 is 6.43. The molecule has 1 aliphatic heterocycles. The Bertz CT molecular complexity index is 1680. The van der Waals surface area contributed by atoms with Crippen molar-refractivity contribution in [3.63, 3.8) is 0 Å². The number of nitrogens with zero attached hydrogens (tertiary/aromatic N) is 2. The van der Waals surface area contributed by atoms with E-state index < -0.39 is 5.41 Å². The summed E-state index contributed by atoms with van der Waals surface area (Å²) in [6.45, 7) is 5.54. The third-order valence-electron chi connectivity index (χ3n) is 8.94. The fraction of sp³-hybridized carbons (Fsp3) is 0.324. The van der Waals surface area contributed by atoms with Gasteiger partial charge in [-0.15, -0.1) is 0 Å². The van der Waals surface area contributed by atoms with E-state index >= 15 is 0 Å². The van der Waals surface area contributed by atoms with Crippen molar-refractivity contribution in [1.82, 2.24) is 19.4 Å². The van der Waals surface area contributed by atoms with E-state index in [0.29, 0.717) is 29.6 Å². The highest BCUT2D eigenvalue weighted by Crippen LogP contribution is 2.35. The molecule has 1 unspecified atom stereocenters. The number of halogens is 1. The first-order valence-corrected chi connectivity index (χ1v) is 14.9. The van der Waals surface area contributed by atoms with Crippen LogP contribution in [0.25, 0.3) is 10.9 Å². The Kier molecular flexibility index (Phi) is 7.78. The highest BCUT2D eigenvalue weighted by atomic mass is 35.5. The van der Waals surface area contributed by atoms with Crippen molar-refractivity contribution in [2.75, 3.05) is 19.6 Å². The molecule has 1 fully saturated rings. The first-order chi connectivity index (χ1) is 19.9. The lowest BCUT2D eigenvalue weighted by molar-refractivity contribution is 0.186. The van der Waals surface area contributed by atoms with E-state index in [1.165, 1.54) is 10.1 Å². The highest BCUT2D eigenvalue weighted by Gasteiger charge is 2.32. The van der Waals surface area contributed by atoms with Crippen LogP contribution in [0.15, 0.2) is 89.9 Å². The van der Waals surface area contributed by atoms with Crippen molar-refractivity contribution in [3.05, 3.63) is 123 Å². The zero-order chi connectivity index (χ0) is 28.4. The fourth-order valence-electron chi connectivity index (χ4n) is 6.40. The highest BCUT2D eigenvalue weighted by molar-refractivity contribution is 6.30. The average Bonchev–Trinajstić information content (AvgIpc) is 3.52. The third-order valence-corrected chi connectivity index (χ3v) is 9.17. The molecule has 1 aliphatic rings. The van der Waals surface area contributed by atoms with Gasteiger partial charge in [0.15, 0.2) is 0 Å². The van der Waals surface area contributed by atoms with Crippen LogP contribution < -0.4 is 5.69 Å². The fourth-order valence-corrected chi connectivity index (χ4v) is 6.59. The number of para-hydroxylation sites is 1. The number of aromatic nitrogens is 3. The monoisotopic (exact) mass is 568 g/mol. The Morgan fingerprint density at radius 1 is 1.00 bits per heavy atom. The smallest absolute Gasteiger partial charge is 0.328 e. The topological polar surface area (TPSA) is 77.0 Å². The minimum atomic E-state index is -0.414. The minimum absolute atomic E-state index is 0.00258. The molecule has 5 aromatic rings. The summed E-state index contributed by atoms with van der Waals surface area (Å²) in [4.78, 5) is 22.0. The molecule has 1 saturated heterocycles. The van der Waals surface area contributed by atoms with E-state index in [0.717, 1.165) is 60.9 Å². The maximum absolute atomic E-state index is 13.2. The average molecular weight is 569 g/mol. The van der Waals surface area contributed by atoms with Crippen LogP contribution in [-0.2, 0) is 18.4 Å². The summed E-state index contributed by atoms with van der Waals surface area (Å²) < 4.78 is 1.49. The van der Waals surface area contributed by atoms with E-state index in [1.807, 2.05) is 48.7 Å². The second kappa shape index (κ2) is 11.6. The van der Waals surface area contributed by atoms with Crippen LogP contribution in [0.4, 0.5) is 0 Å². The van der Waals surface area contributed by atoms with Gasteiger partial charge in [0.2, 0.25) is 5.88 Å². The molecule has 41 heavy (non-hydrogen) atoms. The number of fused-ring (bicyclic) bond motifs is 1. The molecule has 3 heterocycles. The van der Waals surface area contributed by atoms with E-state index in [1.54, 1.807) is 0 Å². The lowest BCUT2D eigenvalue weighted by Crippen LogP contribution is -2.39. The van der Waals surface area contributed by atoms with Crippen LogP contribution in [0.1, 0.15) is 54.5 Å². The van der Waals surface area contributed by atoms with Crippen LogP contribution in [0, 0.1) is 0 Å². The van der Waals surface area contributed by atoms with Gasteiger partial charge >= 0.3 is 5.69 Å². The molecule has 6 nitrogen and oxygen atoms in total. The number of benzene rings is 3. The molecule has 0 spiro atoms. The van der Waals surface area contributed by atoms with Gasteiger partial charge in [0.25, 0.3) is 0 Å². The molecule has 3 N–H and O–H groups in total. The van der Waals surface area contributed by atoms with Crippen LogP contribution in [0.3, 0.4) is 0 Å². The van der Waals surface area contributed by atoms with Gasteiger partial charge in [-0.3, -0.25) is 4.57 Å². The molecule has 3 aromatic carbocycles. The molecule has 0 radical (unpaired) electrons. The largest absolute Gasteiger partial charge is 0.493 e. The summed E-state index contributed by atoms with van der Waals surface area (Å²) in [6, 6.07) is 26.8. The lowest BCUT2D eigenvalue weighted by atomic mass is 9.78. The van der Waals surface area contributed by atoms with Gasteiger partial charge in [0, 0.05) is 40.5 Å². The standard InChI is InChI=1S/C34H37ClN4O2/c1-34(27-10-7-11-28(35)21-27,16-19-38-17-14-25(15-18-38)24-8-3-2-4-9-24)23-39-32(40)31(37-33(39)41)20-26-22-36-30-13-6-5-12-29(26)30/h2-13,21-22,25,36,40H,14-20,23H2,1H3,(H,37,41). The predicted molar refractivity (Wildman–Crippen MR) is 166 cm³/mol. The molecule has 1 atom stereocenters. The Morgan fingerprint density at radius 2 is 1.76 bits per heavy atom. The van der Waals surface area contributed by atoms with Crippen molar-refractivity contribution in [1.29, 1.82) is 0 Å².